The van der Waals surface area contributed by atoms with Gasteiger partial charge in [-0.15, -0.1) is 0 Å². The summed E-state index contributed by atoms with van der Waals surface area (Å²) in [6, 6.07) is 3.36. The Labute approximate surface area is 115 Å². The Hall–Kier alpha value is -2.24. The van der Waals surface area contributed by atoms with Crippen LogP contribution in [0.1, 0.15) is 33.6 Å². The summed E-state index contributed by atoms with van der Waals surface area (Å²) in [6.45, 7) is -0.120. The van der Waals surface area contributed by atoms with Crippen molar-refractivity contribution in [2.24, 2.45) is 5.92 Å². The first-order valence-corrected chi connectivity index (χ1v) is 6.21. The smallest absolute Gasteiger partial charge is 0.337 e. The number of halogens is 1. The summed E-state index contributed by atoms with van der Waals surface area (Å²) in [5, 5.41) is 2.36. The molecule has 1 N–H and O–H groups in total. The lowest BCUT2D eigenvalue weighted by Gasteiger charge is -2.07. The summed E-state index contributed by atoms with van der Waals surface area (Å²) >= 11 is 0. The number of methoxy groups -OCH3 is 1. The summed E-state index contributed by atoms with van der Waals surface area (Å²) < 4.78 is 18.1. The van der Waals surface area contributed by atoms with Crippen LogP contribution in [0.3, 0.4) is 0 Å². The monoisotopic (exact) mass is 279 g/mol. The third-order valence-electron chi connectivity index (χ3n) is 3.09. The van der Waals surface area contributed by atoms with Gasteiger partial charge >= 0.3 is 5.97 Å². The Balaban J connectivity index is 2.07. The standard InChI is InChI=1S/C14H14FNO4/c1-20-14(19)9-4-5-11(15)10(6-9)13(18)16-7-12(17)8-2-3-8/h4-6,8H,2-3,7H2,1H3,(H,16,18). The number of ether oxygens (including phenoxy) is 1. The van der Waals surface area contributed by atoms with Gasteiger partial charge in [0.1, 0.15) is 5.82 Å². The minimum Gasteiger partial charge on any atom is -0.465 e. The number of carbonyl (C=O) groups is 3. The van der Waals surface area contributed by atoms with Gasteiger partial charge in [0, 0.05) is 5.92 Å². The molecule has 0 heterocycles. The lowest BCUT2D eigenvalue weighted by Crippen LogP contribution is -2.31. The second-order valence-electron chi connectivity index (χ2n) is 4.61. The minimum atomic E-state index is -0.756. The minimum absolute atomic E-state index is 0.0292. The molecule has 0 radical (unpaired) electrons. The molecule has 2 rings (SSSR count). The van der Waals surface area contributed by atoms with E-state index in [1.807, 2.05) is 0 Å². The van der Waals surface area contributed by atoms with Crippen LogP contribution < -0.4 is 5.32 Å². The Morgan fingerprint density at radius 1 is 1.35 bits per heavy atom. The van der Waals surface area contributed by atoms with Crippen molar-refractivity contribution in [1.82, 2.24) is 5.32 Å². The van der Waals surface area contributed by atoms with Crippen molar-refractivity contribution in [3.8, 4) is 0 Å². The number of amides is 1. The molecule has 0 aliphatic heterocycles. The summed E-state index contributed by atoms with van der Waals surface area (Å²) in [5.74, 6) is -2.16. The van der Waals surface area contributed by atoms with Crippen molar-refractivity contribution >= 4 is 17.7 Å². The van der Waals surface area contributed by atoms with Crippen molar-refractivity contribution in [3.05, 3.63) is 35.1 Å². The van der Waals surface area contributed by atoms with Crippen molar-refractivity contribution in [2.45, 2.75) is 12.8 Å². The number of hydrogen-bond donors (Lipinski definition) is 1. The van der Waals surface area contributed by atoms with Crippen LogP contribution in [0.5, 0.6) is 0 Å². The highest BCUT2D eigenvalue weighted by atomic mass is 19.1. The van der Waals surface area contributed by atoms with Crippen molar-refractivity contribution in [1.29, 1.82) is 0 Å². The maximum absolute atomic E-state index is 13.6. The molecule has 106 valence electrons. The Morgan fingerprint density at radius 2 is 2.05 bits per heavy atom. The zero-order valence-corrected chi connectivity index (χ0v) is 10.9. The molecule has 1 saturated carbocycles. The molecule has 0 saturated heterocycles. The van der Waals surface area contributed by atoms with Crippen molar-refractivity contribution in [2.75, 3.05) is 13.7 Å². The van der Waals surface area contributed by atoms with Gasteiger partial charge in [0.05, 0.1) is 24.8 Å². The van der Waals surface area contributed by atoms with E-state index in [2.05, 4.69) is 10.1 Å². The zero-order valence-electron chi connectivity index (χ0n) is 10.9. The molecule has 1 aliphatic carbocycles. The molecule has 1 aliphatic rings. The van der Waals surface area contributed by atoms with E-state index in [4.69, 9.17) is 0 Å². The molecule has 0 aromatic heterocycles. The molecule has 6 heteroatoms. The van der Waals surface area contributed by atoms with Gasteiger partial charge in [-0.1, -0.05) is 0 Å². The molecule has 0 bridgehead atoms. The van der Waals surface area contributed by atoms with E-state index in [9.17, 15) is 18.8 Å². The number of rotatable bonds is 5. The van der Waals surface area contributed by atoms with Gasteiger partial charge in [-0.25, -0.2) is 9.18 Å². The highest BCUT2D eigenvalue weighted by Gasteiger charge is 2.29. The third kappa shape index (κ3) is 3.20. The second kappa shape index (κ2) is 5.81. The highest BCUT2D eigenvalue weighted by Crippen LogP contribution is 2.29. The molecule has 5 nitrogen and oxygen atoms in total. The number of nitrogens with one attached hydrogen (secondary N) is 1. The number of hydrogen-bond acceptors (Lipinski definition) is 4. The molecule has 20 heavy (non-hydrogen) atoms. The number of carbonyl (C=O) groups excluding carboxylic acids is 3. The molecular weight excluding hydrogens is 265 g/mol. The zero-order chi connectivity index (χ0) is 14.7. The third-order valence-corrected chi connectivity index (χ3v) is 3.09. The number of Topliss-reactive ketones (excluding diaryl/α,β-unsaturated/α-hetero) is 1. The van der Waals surface area contributed by atoms with Gasteiger partial charge in [-0.05, 0) is 31.0 Å². The number of ketones is 1. The van der Waals surface area contributed by atoms with E-state index in [-0.39, 0.29) is 29.4 Å². The topological polar surface area (TPSA) is 72.5 Å². The second-order valence-corrected chi connectivity index (χ2v) is 4.61. The Bertz CT molecular complexity index is 566. The highest BCUT2D eigenvalue weighted by molar-refractivity contribution is 6.00. The maximum atomic E-state index is 13.6. The van der Waals surface area contributed by atoms with Gasteiger partial charge in [0.2, 0.25) is 0 Å². The lowest BCUT2D eigenvalue weighted by atomic mass is 10.1. The van der Waals surface area contributed by atoms with Crippen molar-refractivity contribution < 1.29 is 23.5 Å². The Morgan fingerprint density at radius 3 is 2.65 bits per heavy atom. The molecule has 0 spiro atoms. The van der Waals surface area contributed by atoms with Gasteiger partial charge in [-0.3, -0.25) is 9.59 Å². The first-order chi connectivity index (χ1) is 9.52. The number of esters is 1. The first-order valence-electron chi connectivity index (χ1n) is 6.21. The van der Waals surface area contributed by atoms with Crippen LogP contribution in [-0.4, -0.2) is 31.3 Å². The fraction of sp³-hybridized carbons (Fsp3) is 0.357. The molecule has 0 unspecified atom stereocenters. The summed E-state index contributed by atoms with van der Waals surface area (Å²) in [5.41, 5.74) is -0.205. The van der Waals surface area contributed by atoms with E-state index < -0.39 is 17.7 Å². The first kappa shape index (κ1) is 14.2. The average molecular weight is 279 g/mol. The van der Waals surface area contributed by atoms with E-state index in [0.29, 0.717) is 0 Å². The molecule has 1 fully saturated rings. The predicted octanol–water partition coefficient (Wildman–Crippen LogP) is 1.32. The summed E-state index contributed by atoms with van der Waals surface area (Å²) in [7, 11) is 1.19. The molecule has 1 amide bonds. The fourth-order valence-electron chi connectivity index (χ4n) is 1.76. The maximum Gasteiger partial charge on any atom is 0.337 e. The van der Waals surface area contributed by atoms with E-state index >= 15 is 0 Å². The summed E-state index contributed by atoms with van der Waals surface area (Å²) in [4.78, 5) is 34.6. The van der Waals surface area contributed by atoms with Crippen LogP contribution in [0, 0.1) is 11.7 Å². The van der Waals surface area contributed by atoms with Crippen LogP contribution in [0.4, 0.5) is 4.39 Å². The van der Waals surface area contributed by atoms with Crippen LogP contribution >= 0.6 is 0 Å². The normalized spacial score (nSPS) is 13.7. The van der Waals surface area contributed by atoms with Gasteiger partial charge in [0.15, 0.2) is 5.78 Å². The predicted molar refractivity (Wildman–Crippen MR) is 67.8 cm³/mol. The molecule has 1 aromatic carbocycles. The average Bonchev–Trinajstić information content (AvgIpc) is 3.28. The van der Waals surface area contributed by atoms with Crippen LogP contribution in [0.15, 0.2) is 18.2 Å². The Kier molecular flexibility index (Phi) is 4.12. The SMILES string of the molecule is COC(=O)c1ccc(F)c(C(=O)NCC(=O)C2CC2)c1. The summed E-state index contributed by atoms with van der Waals surface area (Å²) in [6.07, 6.45) is 1.70. The van der Waals surface area contributed by atoms with Gasteiger partial charge in [-0.2, -0.15) is 0 Å². The molecule has 0 atom stereocenters. The van der Waals surface area contributed by atoms with Gasteiger partial charge < -0.3 is 10.1 Å². The van der Waals surface area contributed by atoms with Crippen LogP contribution in [-0.2, 0) is 9.53 Å². The quantitative estimate of drug-likeness (QED) is 0.825. The van der Waals surface area contributed by atoms with Crippen molar-refractivity contribution in [3.63, 3.8) is 0 Å². The number of benzene rings is 1. The molecule has 1 aromatic rings. The van der Waals surface area contributed by atoms with Crippen LogP contribution in [0.2, 0.25) is 0 Å². The lowest BCUT2D eigenvalue weighted by molar-refractivity contribution is -0.119. The van der Waals surface area contributed by atoms with Crippen LogP contribution in [0.25, 0.3) is 0 Å². The fourth-order valence-corrected chi connectivity index (χ4v) is 1.76. The van der Waals surface area contributed by atoms with E-state index in [0.717, 1.165) is 25.0 Å². The molecular formula is C14H14FNO4. The van der Waals surface area contributed by atoms with E-state index in [1.54, 1.807) is 0 Å². The van der Waals surface area contributed by atoms with Gasteiger partial charge in [0.25, 0.3) is 5.91 Å². The largest absolute Gasteiger partial charge is 0.465 e. The van der Waals surface area contributed by atoms with E-state index in [1.165, 1.54) is 13.2 Å².